The van der Waals surface area contributed by atoms with Gasteiger partial charge in [-0.3, -0.25) is 9.59 Å². The van der Waals surface area contributed by atoms with Gasteiger partial charge < -0.3 is 15.0 Å². The Balaban J connectivity index is 1.67. The molecule has 3 rings (SSSR count). The van der Waals surface area contributed by atoms with Gasteiger partial charge in [-0.15, -0.1) is 0 Å². The third kappa shape index (κ3) is 6.23. The Morgan fingerprint density at radius 3 is 2.41 bits per heavy atom. The highest BCUT2D eigenvalue weighted by atomic mass is 35.5. The summed E-state index contributed by atoms with van der Waals surface area (Å²) >= 11 is 5.89. The Labute approximate surface area is 177 Å². The van der Waals surface area contributed by atoms with Gasteiger partial charge in [-0.1, -0.05) is 54.8 Å². The maximum Gasteiger partial charge on any atom is 0.261 e. The van der Waals surface area contributed by atoms with Crippen molar-refractivity contribution in [2.24, 2.45) is 0 Å². The number of nitrogens with zero attached hydrogens (tertiary/aromatic N) is 1. The Kier molecular flexibility index (Phi) is 7.53. The van der Waals surface area contributed by atoms with E-state index < -0.39 is 6.04 Å². The Hall–Kier alpha value is -2.53. The molecular formula is C23H27ClN2O3. The van der Waals surface area contributed by atoms with Gasteiger partial charge >= 0.3 is 0 Å². The van der Waals surface area contributed by atoms with Crippen LogP contribution in [-0.2, 0) is 16.1 Å². The van der Waals surface area contributed by atoms with Gasteiger partial charge in [0.05, 0.1) is 0 Å². The first kappa shape index (κ1) is 21.2. The van der Waals surface area contributed by atoms with Gasteiger partial charge in [0.25, 0.3) is 5.91 Å². The van der Waals surface area contributed by atoms with Crippen molar-refractivity contribution in [1.82, 2.24) is 10.2 Å². The maximum absolute atomic E-state index is 13.0. The number of ether oxygens (including phenoxy) is 1. The second kappa shape index (κ2) is 10.3. The standard InChI is InChI=1S/C23H27ClN2O3/c1-17(23(28)25-20-9-5-6-10-20)26(15-18-7-3-2-4-8-18)22(27)16-29-21-13-11-19(24)12-14-21/h2-4,7-8,11-14,17,20H,5-6,9-10,15-16H2,1H3,(H,25,28)/t17-/m1/s1. The molecule has 1 aliphatic rings. The second-order valence-corrected chi connectivity index (χ2v) is 7.85. The summed E-state index contributed by atoms with van der Waals surface area (Å²) in [7, 11) is 0. The van der Waals surface area contributed by atoms with E-state index in [1.54, 1.807) is 36.1 Å². The summed E-state index contributed by atoms with van der Waals surface area (Å²) in [5.74, 6) is 0.205. The Morgan fingerprint density at radius 1 is 1.10 bits per heavy atom. The van der Waals surface area contributed by atoms with Gasteiger partial charge in [0.2, 0.25) is 5.91 Å². The molecule has 1 atom stereocenters. The van der Waals surface area contributed by atoms with E-state index in [0.717, 1.165) is 31.2 Å². The van der Waals surface area contributed by atoms with Crippen molar-refractivity contribution >= 4 is 23.4 Å². The lowest BCUT2D eigenvalue weighted by molar-refractivity contribution is -0.142. The maximum atomic E-state index is 13.0. The van der Waals surface area contributed by atoms with E-state index >= 15 is 0 Å². The fraction of sp³-hybridized carbons (Fsp3) is 0.391. The molecule has 0 unspecified atom stereocenters. The Bertz CT molecular complexity index is 805. The smallest absolute Gasteiger partial charge is 0.261 e. The minimum Gasteiger partial charge on any atom is -0.484 e. The molecule has 2 aromatic carbocycles. The number of hydrogen-bond acceptors (Lipinski definition) is 3. The fourth-order valence-corrected chi connectivity index (χ4v) is 3.64. The fourth-order valence-electron chi connectivity index (χ4n) is 3.51. The van der Waals surface area contributed by atoms with E-state index in [1.807, 2.05) is 30.3 Å². The summed E-state index contributed by atoms with van der Waals surface area (Å²) in [4.78, 5) is 27.3. The molecule has 0 aromatic heterocycles. The van der Waals surface area contributed by atoms with Crippen LogP contribution in [0.3, 0.4) is 0 Å². The first-order valence-electron chi connectivity index (χ1n) is 10.0. The normalized spacial score (nSPS) is 15.0. The van der Waals surface area contributed by atoms with Crippen LogP contribution < -0.4 is 10.1 Å². The third-order valence-corrected chi connectivity index (χ3v) is 5.49. The van der Waals surface area contributed by atoms with Crippen molar-refractivity contribution in [2.75, 3.05) is 6.61 Å². The van der Waals surface area contributed by atoms with Gasteiger partial charge in [0.15, 0.2) is 6.61 Å². The highest BCUT2D eigenvalue weighted by molar-refractivity contribution is 6.30. The molecule has 154 valence electrons. The van der Waals surface area contributed by atoms with Crippen molar-refractivity contribution in [1.29, 1.82) is 0 Å². The molecule has 1 N–H and O–H groups in total. The summed E-state index contributed by atoms with van der Waals surface area (Å²) in [6.07, 6.45) is 4.29. The summed E-state index contributed by atoms with van der Waals surface area (Å²) in [5.41, 5.74) is 0.966. The average molecular weight is 415 g/mol. The van der Waals surface area contributed by atoms with E-state index in [1.165, 1.54) is 0 Å². The first-order chi connectivity index (χ1) is 14.0. The molecule has 1 aliphatic carbocycles. The van der Waals surface area contributed by atoms with Crippen molar-refractivity contribution in [3.63, 3.8) is 0 Å². The lowest BCUT2D eigenvalue weighted by Gasteiger charge is -2.29. The number of benzene rings is 2. The molecule has 2 aromatic rings. The zero-order valence-corrected chi connectivity index (χ0v) is 17.4. The number of rotatable bonds is 8. The Morgan fingerprint density at radius 2 is 1.76 bits per heavy atom. The van der Waals surface area contributed by atoms with Crippen LogP contribution in [-0.4, -0.2) is 35.4 Å². The topological polar surface area (TPSA) is 58.6 Å². The zero-order chi connectivity index (χ0) is 20.6. The quantitative estimate of drug-likeness (QED) is 0.704. The van der Waals surface area contributed by atoms with E-state index in [-0.39, 0.29) is 24.5 Å². The average Bonchev–Trinajstić information content (AvgIpc) is 3.24. The van der Waals surface area contributed by atoms with Crippen LogP contribution in [0.1, 0.15) is 38.2 Å². The van der Waals surface area contributed by atoms with Gasteiger partial charge in [-0.25, -0.2) is 0 Å². The van der Waals surface area contributed by atoms with Crippen molar-refractivity contribution in [2.45, 2.75) is 51.2 Å². The monoisotopic (exact) mass is 414 g/mol. The molecular weight excluding hydrogens is 388 g/mol. The third-order valence-electron chi connectivity index (χ3n) is 5.24. The van der Waals surface area contributed by atoms with Gasteiger partial charge in [-0.2, -0.15) is 0 Å². The minimum absolute atomic E-state index is 0.118. The van der Waals surface area contributed by atoms with E-state index in [9.17, 15) is 9.59 Å². The molecule has 2 amide bonds. The van der Waals surface area contributed by atoms with Crippen molar-refractivity contribution < 1.29 is 14.3 Å². The molecule has 0 radical (unpaired) electrons. The molecule has 0 heterocycles. The van der Waals surface area contributed by atoms with Crippen LogP contribution in [0.2, 0.25) is 5.02 Å². The summed E-state index contributed by atoms with van der Waals surface area (Å²) in [6.45, 7) is 1.98. The summed E-state index contributed by atoms with van der Waals surface area (Å²) in [6, 6.07) is 16.1. The summed E-state index contributed by atoms with van der Waals surface area (Å²) < 4.78 is 5.62. The predicted octanol–water partition coefficient (Wildman–Crippen LogP) is 4.19. The molecule has 6 heteroatoms. The lowest BCUT2D eigenvalue weighted by Crippen LogP contribution is -2.50. The van der Waals surface area contributed by atoms with Crippen LogP contribution >= 0.6 is 11.6 Å². The number of nitrogens with one attached hydrogen (secondary N) is 1. The molecule has 0 spiro atoms. The first-order valence-corrected chi connectivity index (χ1v) is 10.4. The predicted molar refractivity (Wildman–Crippen MR) is 114 cm³/mol. The largest absolute Gasteiger partial charge is 0.484 e. The molecule has 29 heavy (non-hydrogen) atoms. The molecule has 1 fully saturated rings. The van der Waals surface area contributed by atoms with Gasteiger partial charge in [0.1, 0.15) is 11.8 Å². The summed E-state index contributed by atoms with van der Waals surface area (Å²) in [5, 5.41) is 3.69. The van der Waals surface area contributed by atoms with Gasteiger partial charge in [-0.05, 0) is 49.6 Å². The minimum atomic E-state index is -0.586. The number of carbonyl (C=O) groups excluding carboxylic acids is 2. The molecule has 0 bridgehead atoms. The van der Waals surface area contributed by atoms with Crippen LogP contribution in [0.4, 0.5) is 0 Å². The molecule has 0 aliphatic heterocycles. The van der Waals surface area contributed by atoms with E-state index in [4.69, 9.17) is 16.3 Å². The number of halogens is 1. The highest BCUT2D eigenvalue weighted by Crippen LogP contribution is 2.19. The van der Waals surface area contributed by atoms with Crippen molar-refractivity contribution in [3.8, 4) is 5.75 Å². The van der Waals surface area contributed by atoms with E-state index in [0.29, 0.717) is 17.3 Å². The van der Waals surface area contributed by atoms with E-state index in [2.05, 4.69) is 5.32 Å². The van der Waals surface area contributed by atoms with Gasteiger partial charge in [0, 0.05) is 17.6 Å². The number of amides is 2. The number of carbonyl (C=O) groups is 2. The zero-order valence-electron chi connectivity index (χ0n) is 16.6. The van der Waals surface area contributed by atoms with Crippen LogP contribution in [0.5, 0.6) is 5.75 Å². The van der Waals surface area contributed by atoms with Crippen LogP contribution in [0.25, 0.3) is 0 Å². The SMILES string of the molecule is C[C@H](C(=O)NC1CCCC1)N(Cc1ccccc1)C(=O)COc1ccc(Cl)cc1. The second-order valence-electron chi connectivity index (χ2n) is 7.42. The van der Waals surface area contributed by atoms with Crippen LogP contribution in [0, 0.1) is 0 Å². The highest BCUT2D eigenvalue weighted by Gasteiger charge is 2.28. The molecule has 5 nitrogen and oxygen atoms in total. The molecule has 0 saturated heterocycles. The van der Waals surface area contributed by atoms with Crippen molar-refractivity contribution in [3.05, 3.63) is 65.2 Å². The lowest BCUT2D eigenvalue weighted by atomic mass is 10.1. The molecule has 1 saturated carbocycles. The van der Waals surface area contributed by atoms with Crippen LogP contribution in [0.15, 0.2) is 54.6 Å². The number of hydrogen-bond donors (Lipinski definition) is 1.